The summed E-state index contributed by atoms with van der Waals surface area (Å²) in [4.78, 5) is 35.2. The van der Waals surface area contributed by atoms with Crippen LogP contribution >= 0.6 is 0 Å². The molecular formula is C18H26N2O4. The van der Waals surface area contributed by atoms with Crippen molar-refractivity contribution in [2.75, 3.05) is 0 Å². The van der Waals surface area contributed by atoms with Crippen molar-refractivity contribution in [1.29, 1.82) is 0 Å². The number of carboxylic acids is 1. The second-order valence-electron chi connectivity index (χ2n) is 6.40. The zero-order valence-corrected chi connectivity index (χ0v) is 14.8. The maximum absolute atomic E-state index is 12.4. The molecule has 0 aromatic heterocycles. The van der Waals surface area contributed by atoms with Gasteiger partial charge in [-0.1, -0.05) is 32.0 Å². The van der Waals surface area contributed by atoms with E-state index < -0.39 is 24.0 Å². The highest BCUT2D eigenvalue weighted by Gasteiger charge is 2.28. The van der Waals surface area contributed by atoms with Crippen LogP contribution in [0.3, 0.4) is 0 Å². The first kappa shape index (κ1) is 19.7. The van der Waals surface area contributed by atoms with Gasteiger partial charge in [0.2, 0.25) is 11.8 Å². The second kappa shape index (κ2) is 8.47. The number of amides is 2. The summed E-state index contributed by atoms with van der Waals surface area (Å²) in [6.07, 6.45) is 0.199. The molecule has 1 rings (SSSR count). The number of aryl methyl sites for hydroxylation is 2. The molecule has 1 aromatic rings. The Morgan fingerprint density at radius 1 is 1.08 bits per heavy atom. The van der Waals surface area contributed by atoms with Gasteiger partial charge >= 0.3 is 5.97 Å². The fourth-order valence-corrected chi connectivity index (χ4v) is 2.59. The van der Waals surface area contributed by atoms with Gasteiger partial charge in [0, 0.05) is 13.3 Å². The van der Waals surface area contributed by atoms with Crippen molar-refractivity contribution in [3.05, 3.63) is 34.9 Å². The van der Waals surface area contributed by atoms with Gasteiger partial charge in [0.15, 0.2) is 0 Å². The molecule has 24 heavy (non-hydrogen) atoms. The summed E-state index contributed by atoms with van der Waals surface area (Å²) in [5.41, 5.74) is 2.88. The number of hydrogen-bond donors (Lipinski definition) is 3. The molecule has 0 fully saturated rings. The van der Waals surface area contributed by atoms with Crippen LogP contribution in [0.25, 0.3) is 0 Å². The zero-order chi connectivity index (χ0) is 18.4. The fourth-order valence-electron chi connectivity index (χ4n) is 2.59. The molecule has 2 atom stereocenters. The SMILES string of the molecule is CC(=O)N[C@@H](C(=O)N[C@@H](Cc1c(C)cccc1C)C(=O)O)C(C)C. The van der Waals surface area contributed by atoms with Crippen LogP contribution < -0.4 is 10.6 Å². The molecule has 0 saturated carbocycles. The van der Waals surface area contributed by atoms with E-state index in [-0.39, 0.29) is 18.2 Å². The van der Waals surface area contributed by atoms with E-state index in [1.54, 1.807) is 13.8 Å². The van der Waals surface area contributed by atoms with Gasteiger partial charge in [-0.25, -0.2) is 4.79 Å². The Morgan fingerprint density at radius 2 is 1.62 bits per heavy atom. The monoisotopic (exact) mass is 334 g/mol. The average Bonchev–Trinajstić information content (AvgIpc) is 2.46. The van der Waals surface area contributed by atoms with Crippen molar-refractivity contribution >= 4 is 17.8 Å². The predicted molar refractivity (Wildman–Crippen MR) is 91.6 cm³/mol. The number of carboxylic acid groups (broad SMARTS) is 1. The van der Waals surface area contributed by atoms with Gasteiger partial charge in [0.25, 0.3) is 0 Å². The Hall–Kier alpha value is -2.37. The molecular weight excluding hydrogens is 308 g/mol. The third-order valence-electron chi connectivity index (χ3n) is 3.98. The maximum Gasteiger partial charge on any atom is 0.326 e. The standard InChI is InChI=1S/C18H26N2O4/c1-10(2)16(19-13(5)21)17(22)20-15(18(23)24)9-14-11(3)7-6-8-12(14)4/h6-8,10,15-16H,9H2,1-5H3,(H,19,21)(H,20,22)(H,23,24)/t15-,16+/m0/s1. The van der Waals surface area contributed by atoms with Crippen LogP contribution in [0.15, 0.2) is 18.2 Å². The quantitative estimate of drug-likeness (QED) is 0.705. The van der Waals surface area contributed by atoms with Crippen molar-refractivity contribution in [3.63, 3.8) is 0 Å². The van der Waals surface area contributed by atoms with Crippen LogP contribution in [0.1, 0.15) is 37.5 Å². The first-order valence-electron chi connectivity index (χ1n) is 7.98. The molecule has 6 nitrogen and oxygen atoms in total. The summed E-state index contributed by atoms with van der Waals surface area (Å²) < 4.78 is 0. The van der Waals surface area contributed by atoms with Gasteiger partial charge in [-0.3, -0.25) is 9.59 Å². The highest BCUT2D eigenvalue weighted by atomic mass is 16.4. The third-order valence-corrected chi connectivity index (χ3v) is 3.98. The topological polar surface area (TPSA) is 95.5 Å². The van der Waals surface area contributed by atoms with Crippen LogP contribution in [0.4, 0.5) is 0 Å². The highest BCUT2D eigenvalue weighted by molar-refractivity contribution is 5.90. The van der Waals surface area contributed by atoms with Crippen molar-refractivity contribution in [2.45, 2.75) is 53.1 Å². The van der Waals surface area contributed by atoms with Crippen molar-refractivity contribution in [3.8, 4) is 0 Å². The number of benzene rings is 1. The van der Waals surface area contributed by atoms with Crippen LogP contribution in [-0.4, -0.2) is 35.0 Å². The fraction of sp³-hybridized carbons (Fsp3) is 0.500. The van der Waals surface area contributed by atoms with Crippen LogP contribution in [0.5, 0.6) is 0 Å². The second-order valence-corrected chi connectivity index (χ2v) is 6.40. The lowest BCUT2D eigenvalue weighted by molar-refractivity contribution is -0.142. The molecule has 0 unspecified atom stereocenters. The Labute approximate surface area is 142 Å². The molecule has 3 N–H and O–H groups in total. The predicted octanol–water partition coefficient (Wildman–Crippen LogP) is 1.58. The molecule has 0 radical (unpaired) electrons. The van der Waals surface area contributed by atoms with E-state index in [2.05, 4.69) is 10.6 Å². The minimum absolute atomic E-state index is 0.149. The molecule has 0 aliphatic heterocycles. The van der Waals surface area contributed by atoms with Gasteiger partial charge in [-0.2, -0.15) is 0 Å². The number of carbonyl (C=O) groups excluding carboxylic acids is 2. The molecule has 2 amide bonds. The molecule has 0 bridgehead atoms. The number of rotatable bonds is 7. The lowest BCUT2D eigenvalue weighted by Crippen LogP contribution is -2.53. The summed E-state index contributed by atoms with van der Waals surface area (Å²) >= 11 is 0. The van der Waals surface area contributed by atoms with Crippen molar-refractivity contribution in [2.24, 2.45) is 5.92 Å². The lowest BCUT2D eigenvalue weighted by Gasteiger charge is -2.24. The minimum Gasteiger partial charge on any atom is -0.480 e. The van der Waals surface area contributed by atoms with Crippen LogP contribution in [-0.2, 0) is 20.8 Å². The van der Waals surface area contributed by atoms with E-state index in [4.69, 9.17) is 0 Å². The Balaban J connectivity index is 2.95. The number of aliphatic carboxylic acids is 1. The first-order valence-corrected chi connectivity index (χ1v) is 7.98. The molecule has 0 heterocycles. The molecule has 0 aliphatic rings. The van der Waals surface area contributed by atoms with E-state index in [0.29, 0.717) is 0 Å². The van der Waals surface area contributed by atoms with Crippen LogP contribution in [0.2, 0.25) is 0 Å². The normalized spacial score (nSPS) is 13.2. The Bertz CT molecular complexity index is 605. The minimum atomic E-state index is -1.10. The molecule has 1 aromatic carbocycles. The van der Waals surface area contributed by atoms with E-state index in [1.807, 2.05) is 32.0 Å². The molecule has 0 saturated heterocycles. The average molecular weight is 334 g/mol. The van der Waals surface area contributed by atoms with Gasteiger partial charge in [0.1, 0.15) is 12.1 Å². The van der Waals surface area contributed by atoms with E-state index in [1.165, 1.54) is 6.92 Å². The smallest absolute Gasteiger partial charge is 0.326 e. The molecule has 0 spiro atoms. The maximum atomic E-state index is 12.4. The zero-order valence-electron chi connectivity index (χ0n) is 14.8. The summed E-state index contributed by atoms with van der Waals surface area (Å²) in [7, 11) is 0. The number of hydrogen-bond acceptors (Lipinski definition) is 3. The van der Waals surface area contributed by atoms with Crippen molar-refractivity contribution in [1.82, 2.24) is 10.6 Å². The summed E-state index contributed by atoms with van der Waals surface area (Å²) in [6.45, 7) is 8.74. The molecule has 6 heteroatoms. The summed E-state index contributed by atoms with van der Waals surface area (Å²) in [5.74, 6) is -2.07. The molecule has 132 valence electrons. The van der Waals surface area contributed by atoms with Gasteiger partial charge in [-0.15, -0.1) is 0 Å². The van der Waals surface area contributed by atoms with Gasteiger partial charge in [0.05, 0.1) is 0 Å². The number of carbonyl (C=O) groups is 3. The van der Waals surface area contributed by atoms with Gasteiger partial charge in [-0.05, 0) is 36.5 Å². The van der Waals surface area contributed by atoms with E-state index >= 15 is 0 Å². The van der Waals surface area contributed by atoms with Crippen LogP contribution in [0, 0.1) is 19.8 Å². The first-order chi connectivity index (χ1) is 11.1. The van der Waals surface area contributed by atoms with Crippen molar-refractivity contribution < 1.29 is 19.5 Å². The lowest BCUT2D eigenvalue weighted by atomic mass is 9.95. The Morgan fingerprint density at radius 3 is 2.04 bits per heavy atom. The summed E-state index contributed by atoms with van der Waals surface area (Å²) in [6, 6.07) is 3.93. The highest BCUT2D eigenvalue weighted by Crippen LogP contribution is 2.16. The largest absolute Gasteiger partial charge is 0.480 e. The van der Waals surface area contributed by atoms with Gasteiger partial charge < -0.3 is 15.7 Å². The van der Waals surface area contributed by atoms with E-state index in [9.17, 15) is 19.5 Å². The number of nitrogens with one attached hydrogen (secondary N) is 2. The summed E-state index contributed by atoms with van der Waals surface area (Å²) in [5, 5.41) is 14.6. The van der Waals surface area contributed by atoms with E-state index in [0.717, 1.165) is 16.7 Å². The third kappa shape index (κ3) is 5.37. The Kier molecular flexibility index (Phi) is 6.95. The molecule has 0 aliphatic carbocycles.